The molecule has 0 aliphatic carbocycles. The van der Waals surface area contributed by atoms with Crippen molar-refractivity contribution in [1.82, 2.24) is 15.2 Å². The fourth-order valence-electron chi connectivity index (χ4n) is 2.38. The number of para-hydroxylation sites is 1. The van der Waals surface area contributed by atoms with Crippen LogP contribution in [0.4, 0.5) is 23.1 Å². The number of hydrogen-bond acceptors (Lipinski definition) is 7. The van der Waals surface area contributed by atoms with E-state index >= 15 is 0 Å². The quantitative estimate of drug-likeness (QED) is 0.606. The summed E-state index contributed by atoms with van der Waals surface area (Å²) < 4.78 is 5.08. The molecule has 0 fully saturated rings. The Morgan fingerprint density at radius 3 is 2.78 bits per heavy atom. The molecular weight excluding hydrogens is 366 g/mol. The van der Waals surface area contributed by atoms with Crippen molar-refractivity contribution in [1.29, 1.82) is 0 Å². The molecule has 0 spiro atoms. The standard InChI is InChI=1S/C19H18ClN5O2/c1-3-27-18(26)14-6-4-5-7-15(14)22-17-11-21-25-19(24-17)23-16-10-13(20)9-8-12(16)2/h4-11H,3H2,1-2H3,(H2,22,23,24,25). The van der Waals surface area contributed by atoms with Gasteiger partial charge in [0.05, 0.1) is 24.1 Å². The molecule has 1 heterocycles. The molecule has 0 bridgehead atoms. The number of carbonyl (C=O) groups is 1. The van der Waals surface area contributed by atoms with Crippen LogP contribution >= 0.6 is 11.6 Å². The number of aromatic nitrogens is 3. The zero-order valence-electron chi connectivity index (χ0n) is 14.9. The van der Waals surface area contributed by atoms with Gasteiger partial charge in [-0.3, -0.25) is 0 Å². The van der Waals surface area contributed by atoms with Crippen LogP contribution in [-0.4, -0.2) is 27.8 Å². The number of nitrogens with zero attached hydrogens (tertiary/aromatic N) is 3. The molecule has 138 valence electrons. The fraction of sp³-hybridized carbons (Fsp3) is 0.158. The van der Waals surface area contributed by atoms with Crippen molar-refractivity contribution in [2.45, 2.75) is 13.8 Å². The number of esters is 1. The number of carbonyl (C=O) groups excluding carboxylic acids is 1. The predicted molar refractivity (Wildman–Crippen MR) is 105 cm³/mol. The molecule has 3 aromatic rings. The fourth-order valence-corrected chi connectivity index (χ4v) is 2.56. The van der Waals surface area contributed by atoms with E-state index in [4.69, 9.17) is 16.3 Å². The van der Waals surface area contributed by atoms with E-state index in [1.807, 2.05) is 25.1 Å². The molecule has 3 rings (SSSR count). The van der Waals surface area contributed by atoms with E-state index < -0.39 is 5.97 Å². The maximum Gasteiger partial charge on any atom is 0.340 e. The SMILES string of the molecule is CCOC(=O)c1ccccc1Nc1cnnc(Nc2cc(Cl)ccc2C)n1. The maximum atomic E-state index is 12.1. The Morgan fingerprint density at radius 2 is 1.96 bits per heavy atom. The molecular formula is C19H18ClN5O2. The molecule has 0 saturated carbocycles. The summed E-state index contributed by atoms with van der Waals surface area (Å²) in [6.45, 7) is 4.01. The molecule has 0 aliphatic heterocycles. The van der Waals surface area contributed by atoms with E-state index in [1.54, 1.807) is 31.2 Å². The van der Waals surface area contributed by atoms with E-state index in [0.29, 0.717) is 34.6 Å². The zero-order valence-corrected chi connectivity index (χ0v) is 15.6. The van der Waals surface area contributed by atoms with Crippen LogP contribution in [0.2, 0.25) is 5.02 Å². The highest BCUT2D eigenvalue weighted by molar-refractivity contribution is 6.30. The summed E-state index contributed by atoms with van der Waals surface area (Å²) >= 11 is 6.04. The van der Waals surface area contributed by atoms with Crippen LogP contribution in [0, 0.1) is 6.92 Å². The van der Waals surface area contributed by atoms with Gasteiger partial charge < -0.3 is 15.4 Å². The minimum atomic E-state index is -0.407. The second kappa shape index (κ2) is 8.46. The van der Waals surface area contributed by atoms with Crippen LogP contribution in [0.25, 0.3) is 0 Å². The molecule has 27 heavy (non-hydrogen) atoms. The van der Waals surface area contributed by atoms with Gasteiger partial charge in [0.25, 0.3) is 0 Å². The number of aryl methyl sites for hydroxylation is 1. The number of nitrogens with one attached hydrogen (secondary N) is 2. The number of benzene rings is 2. The topological polar surface area (TPSA) is 89.0 Å². The summed E-state index contributed by atoms with van der Waals surface area (Å²) in [5, 5.41) is 14.7. The van der Waals surface area contributed by atoms with Crippen molar-refractivity contribution in [2.75, 3.05) is 17.2 Å². The van der Waals surface area contributed by atoms with Crippen LogP contribution in [0.15, 0.2) is 48.7 Å². The van der Waals surface area contributed by atoms with Crippen molar-refractivity contribution < 1.29 is 9.53 Å². The average Bonchev–Trinajstić information content (AvgIpc) is 2.66. The maximum absolute atomic E-state index is 12.1. The Hall–Kier alpha value is -3.19. The highest BCUT2D eigenvalue weighted by atomic mass is 35.5. The van der Waals surface area contributed by atoms with Crippen LogP contribution in [0.5, 0.6) is 0 Å². The van der Waals surface area contributed by atoms with E-state index in [2.05, 4.69) is 25.8 Å². The van der Waals surface area contributed by atoms with Gasteiger partial charge in [0.1, 0.15) is 0 Å². The first-order valence-corrected chi connectivity index (χ1v) is 8.70. The van der Waals surface area contributed by atoms with Crippen molar-refractivity contribution in [2.24, 2.45) is 0 Å². The molecule has 7 nitrogen and oxygen atoms in total. The van der Waals surface area contributed by atoms with Crippen molar-refractivity contribution in [3.05, 3.63) is 64.8 Å². The van der Waals surface area contributed by atoms with Crippen LogP contribution in [0.3, 0.4) is 0 Å². The Bertz CT molecular complexity index is 964. The number of anilines is 4. The Morgan fingerprint density at radius 1 is 1.15 bits per heavy atom. The second-order valence-electron chi connectivity index (χ2n) is 5.64. The molecule has 1 aromatic heterocycles. The molecule has 8 heteroatoms. The van der Waals surface area contributed by atoms with Crippen LogP contribution < -0.4 is 10.6 Å². The number of halogens is 1. The minimum absolute atomic E-state index is 0.301. The van der Waals surface area contributed by atoms with Gasteiger partial charge in [-0.15, -0.1) is 5.10 Å². The number of rotatable bonds is 6. The first-order chi connectivity index (χ1) is 13.1. The monoisotopic (exact) mass is 383 g/mol. The van der Waals surface area contributed by atoms with Crippen molar-refractivity contribution in [3.63, 3.8) is 0 Å². The van der Waals surface area contributed by atoms with E-state index in [0.717, 1.165) is 11.3 Å². The van der Waals surface area contributed by atoms with Gasteiger partial charge in [-0.1, -0.05) is 29.8 Å². The minimum Gasteiger partial charge on any atom is -0.462 e. The average molecular weight is 384 g/mol. The molecule has 0 radical (unpaired) electrons. The predicted octanol–water partition coefficient (Wildman–Crippen LogP) is 4.50. The lowest BCUT2D eigenvalue weighted by Gasteiger charge is -2.12. The third kappa shape index (κ3) is 4.71. The first kappa shape index (κ1) is 18.6. The highest BCUT2D eigenvalue weighted by Crippen LogP contribution is 2.24. The molecule has 0 saturated heterocycles. The summed E-state index contributed by atoms with van der Waals surface area (Å²) in [7, 11) is 0. The van der Waals surface area contributed by atoms with Gasteiger partial charge in [0.2, 0.25) is 5.95 Å². The molecule has 0 aliphatic rings. The van der Waals surface area contributed by atoms with Crippen molar-refractivity contribution >= 4 is 40.7 Å². The summed E-state index contributed by atoms with van der Waals surface area (Å²) in [6.07, 6.45) is 1.47. The van der Waals surface area contributed by atoms with Gasteiger partial charge in [-0.2, -0.15) is 10.1 Å². The van der Waals surface area contributed by atoms with Gasteiger partial charge in [0.15, 0.2) is 5.82 Å². The largest absolute Gasteiger partial charge is 0.462 e. The molecule has 0 unspecified atom stereocenters. The van der Waals surface area contributed by atoms with E-state index in [9.17, 15) is 4.79 Å². The van der Waals surface area contributed by atoms with E-state index in [-0.39, 0.29) is 0 Å². The summed E-state index contributed by atoms with van der Waals surface area (Å²) in [5.41, 5.74) is 2.77. The van der Waals surface area contributed by atoms with Gasteiger partial charge in [0, 0.05) is 10.7 Å². The first-order valence-electron chi connectivity index (χ1n) is 8.33. The van der Waals surface area contributed by atoms with Gasteiger partial charge in [-0.05, 0) is 43.7 Å². The normalized spacial score (nSPS) is 10.3. The Kier molecular flexibility index (Phi) is 5.83. The summed E-state index contributed by atoms with van der Waals surface area (Å²) in [5.74, 6) is 0.332. The molecule has 0 amide bonds. The third-order valence-electron chi connectivity index (χ3n) is 3.69. The molecule has 2 aromatic carbocycles. The summed E-state index contributed by atoms with van der Waals surface area (Å²) in [4.78, 5) is 16.5. The van der Waals surface area contributed by atoms with Gasteiger partial charge in [-0.25, -0.2) is 4.79 Å². The lowest BCUT2D eigenvalue weighted by atomic mass is 10.2. The Labute approximate surface area is 161 Å². The second-order valence-corrected chi connectivity index (χ2v) is 6.08. The van der Waals surface area contributed by atoms with Crippen LogP contribution in [0.1, 0.15) is 22.8 Å². The Balaban J connectivity index is 1.83. The van der Waals surface area contributed by atoms with Crippen molar-refractivity contribution in [3.8, 4) is 0 Å². The third-order valence-corrected chi connectivity index (χ3v) is 3.93. The van der Waals surface area contributed by atoms with Gasteiger partial charge >= 0.3 is 5.97 Å². The lowest BCUT2D eigenvalue weighted by molar-refractivity contribution is 0.0527. The van der Waals surface area contributed by atoms with Crippen LogP contribution in [-0.2, 0) is 4.74 Å². The summed E-state index contributed by atoms with van der Waals surface area (Å²) in [6, 6.07) is 12.5. The number of ether oxygens (including phenoxy) is 1. The smallest absolute Gasteiger partial charge is 0.340 e. The van der Waals surface area contributed by atoms with E-state index in [1.165, 1.54) is 6.20 Å². The zero-order chi connectivity index (χ0) is 19.2. The molecule has 2 N–H and O–H groups in total. The highest BCUT2D eigenvalue weighted by Gasteiger charge is 2.13. The molecule has 0 atom stereocenters. The number of hydrogen-bond donors (Lipinski definition) is 2. The lowest BCUT2D eigenvalue weighted by Crippen LogP contribution is -2.09.